The third-order valence-electron chi connectivity index (χ3n) is 3.37. The fourth-order valence-corrected chi connectivity index (χ4v) is 3.04. The van der Waals surface area contributed by atoms with Gasteiger partial charge in [-0.1, -0.05) is 19.8 Å². The van der Waals surface area contributed by atoms with Crippen LogP contribution >= 0.6 is 0 Å². The van der Waals surface area contributed by atoms with Gasteiger partial charge in [-0.15, -0.1) is 0 Å². The van der Waals surface area contributed by atoms with E-state index in [9.17, 15) is 8.42 Å². The van der Waals surface area contributed by atoms with Gasteiger partial charge in [-0.3, -0.25) is 0 Å². The lowest BCUT2D eigenvalue weighted by Gasteiger charge is -2.26. The second-order valence-corrected chi connectivity index (χ2v) is 7.19. The Labute approximate surface area is 106 Å². The monoisotopic (exact) mass is 262 g/mol. The quantitative estimate of drug-likeness (QED) is 0.681. The van der Waals surface area contributed by atoms with Crippen molar-refractivity contribution in [2.24, 2.45) is 11.8 Å². The van der Waals surface area contributed by atoms with Crippen molar-refractivity contribution in [2.75, 3.05) is 25.9 Å². The molecule has 5 heteroatoms. The molecule has 0 heterocycles. The smallest absolute Gasteiger partial charge is 0.208 e. The van der Waals surface area contributed by atoms with Gasteiger partial charge in [0.2, 0.25) is 10.0 Å². The molecular formula is C12H26N2O2S. The second-order valence-electron chi connectivity index (χ2n) is 5.36. The zero-order valence-corrected chi connectivity index (χ0v) is 11.9. The average Bonchev–Trinajstić information content (AvgIpc) is 2.22. The molecule has 0 radical (unpaired) electrons. The van der Waals surface area contributed by atoms with Crippen LogP contribution in [0.3, 0.4) is 0 Å². The minimum absolute atomic E-state index is 0.535. The Morgan fingerprint density at radius 1 is 1.24 bits per heavy atom. The van der Waals surface area contributed by atoms with Crippen molar-refractivity contribution in [3.05, 3.63) is 0 Å². The zero-order chi connectivity index (χ0) is 12.7. The highest BCUT2D eigenvalue weighted by atomic mass is 32.2. The lowest BCUT2D eigenvalue weighted by Crippen LogP contribution is -2.30. The van der Waals surface area contributed by atoms with Crippen molar-refractivity contribution in [3.8, 4) is 0 Å². The second kappa shape index (κ2) is 7.34. The Hall–Kier alpha value is -0.130. The molecule has 102 valence electrons. The molecule has 1 aliphatic rings. The molecule has 2 atom stereocenters. The average molecular weight is 262 g/mol. The van der Waals surface area contributed by atoms with Gasteiger partial charge < -0.3 is 5.32 Å². The van der Waals surface area contributed by atoms with Crippen molar-refractivity contribution in [1.82, 2.24) is 10.0 Å². The van der Waals surface area contributed by atoms with Crippen LogP contribution in [0.15, 0.2) is 0 Å². The maximum absolute atomic E-state index is 10.8. The van der Waals surface area contributed by atoms with Crippen LogP contribution in [0.2, 0.25) is 0 Å². The van der Waals surface area contributed by atoms with Gasteiger partial charge in [-0.25, -0.2) is 13.1 Å². The Bertz CT molecular complexity index is 304. The summed E-state index contributed by atoms with van der Waals surface area (Å²) in [7, 11) is -3.02. The summed E-state index contributed by atoms with van der Waals surface area (Å²) in [4.78, 5) is 0. The van der Waals surface area contributed by atoms with Gasteiger partial charge in [0.05, 0.1) is 6.26 Å². The zero-order valence-electron chi connectivity index (χ0n) is 11.0. The molecule has 1 rings (SSSR count). The van der Waals surface area contributed by atoms with Crippen LogP contribution in [0.4, 0.5) is 0 Å². The van der Waals surface area contributed by atoms with Crippen LogP contribution in [0.25, 0.3) is 0 Å². The van der Waals surface area contributed by atoms with Crippen LogP contribution in [0, 0.1) is 11.8 Å². The Morgan fingerprint density at radius 2 is 2.00 bits per heavy atom. The van der Waals surface area contributed by atoms with E-state index in [0.29, 0.717) is 6.54 Å². The van der Waals surface area contributed by atoms with E-state index in [0.717, 1.165) is 31.3 Å². The molecule has 0 aromatic heterocycles. The number of nitrogens with one attached hydrogen (secondary N) is 2. The molecule has 1 fully saturated rings. The molecule has 4 nitrogen and oxygen atoms in total. The molecule has 2 unspecified atom stereocenters. The highest BCUT2D eigenvalue weighted by Gasteiger charge is 2.17. The van der Waals surface area contributed by atoms with Crippen molar-refractivity contribution in [1.29, 1.82) is 0 Å². The Balaban J connectivity index is 1.97. The molecule has 1 aliphatic carbocycles. The van der Waals surface area contributed by atoms with Crippen LogP contribution in [0.5, 0.6) is 0 Å². The van der Waals surface area contributed by atoms with Gasteiger partial charge in [-0.2, -0.15) is 0 Å². The summed E-state index contributed by atoms with van der Waals surface area (Å²) in [5, 5.41) is 3.43. The number of sulfonamides is 1. The summed E-state index contributed by atoms with van der Waals surface area (Å²) < 4.78 is 24.1. The first-order chi connectivity index (χ1) is 7.97. The van der Waals surface area contributed by atoms with E-state index in [1.54, 1.807) is 0 Å². The summed E-state index contributed by atoms with van der Waals surface area (Å²) in [6, 6.07) is 0. The maximum Gasteiger partial charge on any atom is 0.208 e. The Morgan fingerprint density at radius 3 is 2.65 bits per heavy atom. The summed E-state index contributed by atoms with van der Waals surface area (Å²) in [5.74, 6) is 1.70. The molecule has 1 saturated carbocycles. The van der Waals surface area contributed by atoms with Crippen LogP contribution in [0.1, 0.15) is 39.0 Å². The summed E-state index contributed by atoms with van der Waals surface area (Å²) in [5.41, 5.74) is 0. The van der Waals surface area contributed by atoms with Gasteiger partial charge in [0.15, 0.2) is 0 Å². The number of hydrogen-bond donors (Lipinski definition) is 2. The predicted octanol–water partition coefficient (Wildman–Crippen LogP) is 1.34. The van der Waals surface area contributed by atoms with Crippen molar-refractivity contribution in [3.63, 3.8) is 0 Å². The summed E-state index contributed by atoms with van der Waals surface area (Å²) in [6.45, 7) is 4.85. The molecule has 0 amide bonds. The Kier molecular flexibility index (Phi) is 6.44. The van der Waals surface area contributed by atoms with E-state index in [2.05, 4.69) is 17.0 Å². The molecule has 0 aromatic carbocycles. The first kappa shape index (κ1) is 14.9. The van der Waals surface area contributed by atoms with Gasteiger partial charge in [0.25, 0.3) is 0 Å². The molecular weight excluding hydrogens is 236 g/mol. The third-order valence-corrected chi connectivity index (χ3v) is 4.10. The minimum Gasteiger partial charge on any atom is -0.316 e. The van der Waals surface area contributed by atoms with E-state index in [1.165, 1.54) is 31.9 Å². The van der Waals surface area contributed by atoms with E-state index >= 15 is 0 Å². The largest absolute Gasteiger partial charge is 0.316 e. The molecule has 17 heavy (non-hydrogen) atoms. The standard InChI is InChI=1S/C12H26N2O2S/c1-11-5-3-6-12(9-11)10-13-7-4-8-14-17(2,15)16/h11-14H,3-10H2,1-2H3. The SMILES string of the molecule is CC1CCCC(CNCCCNS(C)(=O)=O)C1. The van der Waals surface area contributed by atoms with E-state index in [1.807, 2.05) is 0 Å². The van der Waals surface area contributed by atoms with Gasteiger partial charge >= 0.3 is 0 Å². The molecule has 0 bridgehead atoms. The van der Waals surface area contributed by atoms with Gasteiger partial charge in [-0.05, 0) is 44.2 Å². The lowest BCUT2D eigenvalue weighted by atomic mass is 9.82. The fraction of sp³-hybridized carbons (Fsp3) is 1.00. The molecule has 0 saturated heterocycles. The molecule has 0 aromatic rings. The van der Waals surface area contributed by atoms with Gasteiger partial charge in [0.1, 0.15) is 0 Å². The van der Waals surface area contributed by atoms with Crippen LogP contribution < -0.4 is 10.0 Å². The predicted molar refractivity (Wildman–Crippen MR) is 71.5 cm³/mol. The summed E-state index contributed by atoms with van der Waals surface area (Å²) in [6.07, 6.45) is 7.49. The first-order valence-electron chi connectivity index (χ1n) is 6.62. The first-order valence-corrected chi connectivity index (χ1v) is 8.52. The highest BCUT2D eigenvalue weighted by Crippen LogP contribution is 2.27. The van der Waals surface area contributed by atoms with Crippen molar-refractivity contribution in [2.45, 2.75) is 39.0 Å². The fourth-order valence-electron chi connectivity index (χ4n) is 2.52. The number of rotatable bonds is 7. The molecule has 0 aliphatic heterocycles. The van der Waals surface area contributed by atoms with E-state index in [-0.39, 0.29) is 0 Å². The van der Waals surface area contributed by atoms with Crippen molar-refractivity contribution >= 4 is 10.0 Å². The lowest BCUT2D eigenvalue weighted by molar-refractivity contribution is 0.274. The van der Waals surface area contributed by atoms with Crippen LogP contribution in [-0.2, 0) is 10.0 Å². The topological polar surface area (TPSA) is 58.2 Å². The van der Waals surface area contributed by atoms with E-state index < -0.39 is 10.0 Å². The summed E-state index contributed by atoms with van der Waals surface area (Å²) >= 11 is 0. The normalized spacial score (nSPS) is 26.0. The molecule has 0 spiro atoms. The van der Waals surface area contributed by atoms with Gasteiger partial charge in [0, 0.05) is 6.54 Å². The number of hydrogen-bond acceptors (Lipinski definition) is 3. The van der Waals surface area contributed by atoms with E-state index in [4.69, 9.17) is 0 Å². The maximum atomic E-state index is 10.8. The van der Waals surface area contributed by atoms with Crippen LogP contribution in [-0.4, -0.2) is 34.3 Å². The minimum atomic E-state index is -3.02. The van der Waals surface area contributed by atoms with Crippen molar-refractivity contribution < 1.29 is 8.42 Å². The highest BCUT2D eigenvalue weighted by molar-refractivity contribution is 7.88. The third kappa shape index (κ3) is 7.73. The molecule has 2 N–H and O–H groups in total.